The van der Waals surface area contributed by atoms with Crippen LogP contribution in [-0.4, -0.2) is 35.3 Å². The predicted octanol–water partition coefficient (Wildman–Crippen LogP) is 4.33. The highest BCUT2D eigenvalue weighted by molar-refractivity contribution is 7.21. The van der Waals surface area contributed by atoms with Crippen LogP contribution in [0.2, 0.25) is 5.02 Å². The van der Waals surface area contributed by atoms with Crippen molar-refractivity contribution in [2.45, 2.75) is 18.4 Å². The number of nitrogens with one attached hydrogen (secondary N) is 1. The number of fused-ring (bicyclic) bond motifs is 1. The second kappa shape index (κ2) is 6.08. The molecular weight excluding hydrogens is 380 g/mol. The highest BCUT2D eigenvalue weighted by atomic mass is 35.5. The lowest BCUT2D eigenvalue weighted by molar-refractivity contribution is -0.120. The third-order valence-corrected chi connectivity index (χ3v) is 7.09. The summed E-state index contributed by atoms with van der Waals surface area (Å²) in [5.41, 5.74) is 2.03. The topological polar surface area (TPSA) is 49.4 Å². The van der Waals surface area contributed by atoms with Gasteiger partial charge in [-0.25, -0.2) is 0 Å². The Morgan fingerprint density at radius 2 is 1.89 bits per heavy atom. The summed E-state index contributed by atoms with van der Waals surface area (Å²) in [4.78, 5) is 26.8. The molecule has 27 heavy (non-hydrogen) atoms. The van der Waals surface area contributed by atoms with Gasteiger partial charge in [0.05, 0.1) is 10.6 Å². The van der Waals surface area contributed by atoms with E-state index in [1.165, 1.54) is 11.3 Å². The van der Waals surface area contributed by atoms with Crippen molar-refractivity contribution >= 4 is 44.8 Å². The van der Waals surface area contributed by atoms with Crippen molar-refractivity contribution in [3.63, 3.8) is 0 Å². The first-order chi connectivity index (χ1) is 13.0. The van der Waals surface area contributed by atoms with Crippen LogP contribution in [0.15, 0.2) is 48.5 Å². The van der Waals surface area contributed by atoms with Gasteiger partial charge < -0.3 is 10.2 Å². The van der Waals surface area contributed by atoms with Gasteiger partial charge in [-0.15, -0.1) is 11.3 Å². The number of carbonyl (C=O) groups is 2. The Morgan fingerprint density at radius 3 is 2.59 bits per heavy atom. The molecule has 0 unspecified atom stereocenters. The molecule has 1 spiro atoms. The predicted molar refractivity (Wildman–Crippen MR) is 108 cm³/mol. The Morgan fingerprint density at radius 1 is 1.11 bits per heavy atom. The molecule has 0 bridgehead atoms. The molecular formula is C21H17ClN2O2S. The third kappa shape index (κ3) is 2.73. The summed E-state index contributed by atoms with van der Waals surface area (Å²) in [5.74, 6) is 0.0321. The van der Waals surface area contributed by atoms with Crippen LogP contribution in [0.4, 0.5) is 0 Å². The van der Waals surface area contributed by atoms with Crippen LogP contribution < -0.4 is 5.32 Å². The Kier molecular flexibility index (Phi) is 3.78. The number of amides is 2. The van der Waals surface area contributed by atoms with E-state index in [9.17, 15) is 9.59 Å². The minimum Gasteiger partial charge on any atom is -0.347 e. The number of rotatable bonds is 2. The summed E-state index contributed by atoms with van der Waals surface area (Å²) >= 11 is 7.98. The van der Waals surface area contributed by atoms with E-state index in [0.717, 1.165) is 27.6 Å². The molecule has 2 aliphatic heterocycles. The molecule has 0 saturated carbocycles. The second-order valence-electron chi connectivity index (χ2n) is 7.31. The zero-order chi connectivity index (χ0) is 18.6. The van der Waals surface area contributed by atoms with Gasteiger partial charge in [0, 0.05) is 29.6 Å². The van der Waals surface area contributed by atoms with Crippen molar-refractivity contribution < 1.29 is 9.59 Å². The number of likely N-dealkylation sites (tertiary alicyclic amines) is 1. The molecule has 2 aliphatic rings. The van der Waals surface area contributed by atoms with Crippen LogP contribution in [-0.2, 0) is 4.79 Å². The molecule has 1 aromatic heterocycles. The number of hydrogen-bond donors (Lipinski definition) is 1. The van der Waals surface area contributed by atoms with Gasteiger partial charge in [0.15, 0.2) is 0 Å². The smallest absolute Gasteiger partial charge is 0.265 e. The molecule has 5 rings (SSSR count). The average molecular weight is 397 g/mol. The number of benzene rings is 2. The molecule has 2 saturated heterocycles. The van der Waals surface area contributed by atoms with Crippen molar-refractivity contribution in [1.82, 2.24) is 10.2 Å². The first-order valence-electron chi connectivity index (χ1n) is 8.92. The molecule has 4 nitrogen and oxygen atoms in total. The van der Waals surface area contributed by atoms with Crippen LogP contribution in [0.1, 0.15) is 22.5 Å². The molecule has 2 fully saturated rings. The minimum absolute atomic E-state index is 0.0470. The molecule has 3 heterocycles. The summed E-state index contributed by atoms with van der Waals surface area (Å²) in [6, 6.07) is 16.3. The van der Waals surface area contributed by atoms with E-state index in [1.807, 2.05) is 30.3 Å². The maximum atomic E-state index is 12.9. The van der Waals surface area contributed by atoms with Gasteiger partial charge in [-0.2, -0.15) is 0 Å². The number of nitrogens with zero attached hydrogens (tertiary/aromatic N) is 1. The molecule has 0 aliphatic carbocycles. The molecule has 1 N–H and O–H groups in total. The van der Waals surface area contributed by atoms with Crippen LogP contribution in [0.3, 0.4) is 0 Å². The van der Waals surface area contributed by atoms with E-state index < -0.39 is 0 Å². The maximum Gasteiger partial charge on any atom is 0.265 e. The summed E-state index contributed by atoms with van der Waals surface area (Å²) in [7, 11) is 0. The molecule has 0 radical (unpaired) electrons. The van der Waals surface area contributed by atoms with Crippen molar-refractivity contribution in [2.75, 3.05) is 13.1 Å². The largest absolute Gasteiger partial charge is 0.347 e. The number of halogens is 1. The SMILES string of the molecule is O=C1CCC2(CN(C(=O)c3sc4cc(-c5ccccc5)ccc4c3Cl)C2)N1. The number of thiophene rings is 1. The molecule has 2 amide bonds. The van der Waals surface area contributed by atoms with E-state index >= 15 is 0 Å². The normalized spacial score (nSPS) is 18.0. The average Bonchev–Trinajstić information content (AvgIpc) is 3.21. The summed E-state index contributed by atoms with van der Waals surface area (Å²) in [6.07, 6.45) is 1.35. The first-order valence-corrected chi connectivity index (χ1v) is 10.1. The molecule has 2 aromatic carbocycles. The fraction of sp³-hybridized carbons (Fsp3) is 0.238. The molecule has 6 heteroatoms. The van der Waals surface area contributed by atoms with Gasteiger partial charge in [-0.1, -0.05) is 54.1 Å². The van der Waals surface area contributed by atoms with Crippen molar-refractivity contribution in [3.05, 3.63) is 58.4 Å². The van der Waals surface area contributed by atoms with Crippen LogP contribution in [0.5, 0.6) is 0 Å². The van der Waals surface area contributed by atoms with Crippen LogP contribution in [0, 0.1) is 0 Å². The Bertz CT molecular complexity index is 1070. The van der Waals surface area contributed by atoms with Gasteiger partial charge in [0.1, 0.15) is 4.88 Å². The standard InChI is InChI=1S/C21H17ClN2O2S/c22-18-15-7-6-14(13-4-2-1-3-5-13)10-16(15)27-19(18)20(26)24-11-21(12-24)9-8-17(25)23-21/h1-7,10H,8-9,11-12H2,(H,23,25). The second-order valence-corrected chi connectivity index (χ2v) is 8.74. The lowest BCUT2D eigenvalue weighted by Crippen LogP contribution is -2.68. The summed E-state index contributed by atoms with van der Waals surface area (Å²) in [6.45, 7) is 1.13. The third-order valence-electron chi connectivity index (χ3n) is 5.44. The molecule has 136 valence electrons. The summed E-state index contributed by atoms with van der Waals surface area (Å²) < 4.78 is 1.01. The van der Waals surface area contributed by atoms with Gasteiger partial charge in [-0.05, 0) is 23.6 Å². The van der Waals surface area contributed by atoms with Crippen LogP contribution >= 0.6 is 22.9 Å². The van der Waals surface area contributed by atoms with Crippen molar-refractivity contribution in [2.24, 2.45) is 0 Å². The van der Waals surface area contributed by atoms with E-state index in [1.54, 1.807) is 4.90 Å². The van der Waals surface area contributed by atoms with Crippen LogP contribution in [0.25, 0.3) is 21.2 Å². The number of hydrogen-bond acceptors (Lipinski definition) is 3. The maximum absolute atomic E-state index is 12.9. The zero-order valence-corrected chi connectivity index (χ0v) is 16.1. The fourth-order valence-corrected chi connectivity index (χ4v) is 5.51. The van der Waals surface area contributed by atoms with E-state index in [-0.39, 0.29) is 17.4 Å². The lowest BCUT2D eigenvalue weighted by atomic mass is 9.88. The van der Waals surface area contributed by atoms with Crippen molar-refractivity contribution in [3.8, 4) is 11.1 Å². The van der Waals surface area contributed by atoms with E-state index in [4.69, 9.17) is 11.6 Å². The Balaban J connectivity index is 1.43. The zero-order valence-electron chi connectivity index (χ0n) is 14.5. The molecule has 3 aromatic rings. The lowest BCUT2D eigenvalue weighted by Gasteiger charge is -2.47. The van der Waals surface area contributed by atoms with E-state index in [2.05, 4.69) is 23.5 Å². The van der Waals surface area contributed by atoms with E-state index in [0.29, 0.717) is 29.4 Å². The highest BCUT2D eigenvalue weighted by Crippen LogP contribution is 2.40. The molecule has 0 atom stereocenters. The van der Waals surface area contributed by atoms with Gasteiger partial charge >= 0.3 is 0 Å². The Labute approximate surface area is 165 Å². The Hall–Kier alpha value is -2.37. The number of carbonyl (C=O) groups excluding carboxylic acids is 2. The monoisotopic (exact) mass is 396 g/mol. The van der Waals surface area contributed by atoms with Gasteiger partial charge in [0.2, 0.25) is 5.91 Å². The quantitative estimate of drug-likeness (QED) is 0.701. The fourth-order valence-electron chi connectivity index (χ4n) is 4.00. The summed E-state index contributed by atoms with van der Waals surface area (Å²) in [5, 5.41) is 4.44. The highest BCUT2D eigenvalue weighted by Gasteiger charge is 2.49. The van der Waals surface area contributed by atoms with Crippen molar-refractivity contribution in [1.29, 1.82) is 0 Å². The van der Waals surface area contributed by atoms with Gasteiger partial charge in [-0.3, -0.25) is 9.59 Å². The van der Waals surface area contributed by atoms with Gasteiger partial charge in [0.25, 0.3) is 5.91 Å². The minimum atomic E-state index is -0.212. The first kappa shape index (κ1) is 16.8.